The predicted molar refractivity (Wildman–Crippen MR) is 245 cm³/mol. The van der Waals surface area contributed by atoms with Gasteiger partial charge in [0.25, 0.3) is 0 Å². The average Bonchev–Trinajstić information content (AvgIpc) is 3.25. The van der Waals surface area contributed by atoms with Crippen LogP contribution in [0.25, 0.3) is 0 Å². The standard InChI is InChI=1S/C28H42O4.C14H22O2.C10H14O/c1-7-21(3)25-11-15-27(16-12-25)31-23(5)29-19-9-10-20-30-24(6)32-28-17-13-26(14-18-28)22(4)8-2;1-5-11(3)13-7-9-14(10-8-13)16-12(4)15-6-2;1-3-8(2)9-4-6-10(11)7-5-9/h11-18,21-24H,7-10,19-20H2,1-6H3;7-12H,5-6H2,1-4H3;4-8,11H,3H2,1-2H3. The number of aromatic hydroxyl groups is 1. The summed E-state index contributed by atoms with van der Waals surface area (Å²) in [6, 6.07) is 32.3. The van der Waals surface area contributed by atoms with Crippen molar-refractivity contribution in [2.24, 2.45) is 0 Å². The van der Waals surface area contributed by atoms with Crippen LogP contribution >= 0.6 is 0 Å². The van der Waals surface area contributed by atoms with Gasteiger partial charge in [0, 0.05) is 6.61 Å². The second-order valence-electron chi connectivity index (χ2n) is 15.5. The number of benzene rings is 4. The van der Waals surface area contributed by atoms with Gasteiger partial charge in [-0.3, -0.25) is 0 Å². The van der Waals surface area contributed by atoms with Crippen molar-refractivity contribution in [2.75, 3.05) is 19.8 Å². The number of rotatable bonds is 23. The van der Waals surface area contributed by atoms with Gasteiger partial charge in [-0.1, -0.05) is 104 Å². The van der Waals surface area contributed by atoms with E-state index < -0.39 is 0 Å². The highest BCUT2D eigenvalue weighted by atomic mass is 16.7. The number of hydrogen-bond donors (Lipinski definition) is 1. The molecule has 0 amide bonds. The van der Waals surface area contributed by atoms with Crippen LogP contribution < -0.4 is 14.2 Å². The normalized spacial score (nSPS) is 14.5. The van der Waals surface area contributed by atoms with Crippen molar-refractivity contribution < 1.29 is 33.5 Å². The molecule has 0 bridgehead atoms. The van der Waals surface area contributed by atoms with Crippen LogP contribution in [0.2, 0.25) is 0 Å². The lowest BCUT2D eigenvalue weighted by atomic mass is 9.99. The Hall–Kier alpha value is -4.04. The van der Waals surface area contributed by atoms with E-state index in [-0.39, 0.29) is 18.9 Å². The minimum Gasteiger partial charge on any atom is -0.508 e. The van der Waals surface area contributed by atoms with Crippen LogP contribution in [0.1, 0.15) is 168 Å². The van der Waals surface area contributed by atoms with Crippen molar-refractivity contribution in [1.82, 2.24) is 0 Å². The van der Waals surface area contributed by atoms with Gasteiger partial charge in [-0.15, -0.1) is 0 Å². The highest BCUT2D eigenvalue weighted by molar-refractivity contribution is 5.31. The van der Waals surface area contributed by atoms with Crippen LogP contribution in [0.3, 0.4) is 0 Å². The van der Waals surface area contributed by atoms with E-state index in [4.69, 9.17) is 33.5 Å². The smallest absolute Gasteiger partial charge is 0.196 e. The first kappa shape index (κ1) is 51.1. The maximum atomic E-state index is 9.01. The van der Waals surface area contributed by atoms with E-state index in [1.54, 1.807) is 12.1 Å². The Labute approximate surface area is 358 Å². The zero-order chi connectivity index (χ0) is 43.6. The van der Waals surface area contributed by atoms with Gasteiger partial charge in [0.15, 0.2) is 18.9 Å². The molecule has 4 rings (SSSR count). The molecule has 1 N–H and O–H groups in total. The van der Waals surface area contributed by atoms with Gasteiger partial charge < -0.3 is 33.5 Å². The largest absolute Gasteiger partial charge is 0.508 e. The van der Waals surface area contributed by atoms with Crippen LogP contribution in [0, 0.1) is 0 Å². The minimum absolute atomic E-state index is 0.181. The van der Waals surface area contributed by atoms with E-state index >= 15 is 0 Å². The number of phenolic OH excluding ortho intramolecular Hbond substituents is 1. The SMILES string of the molecule is CCC(C)c1ccc(O)cc1.CCC(C)c1ccc(OC(C)OCCCCOC(C)Oc2ccc(C(C)CC)cc2)cc1.CCOC(C)Oc1ccc(C(C)CC)cc1. The number of phenols is 1. The topological polar surface area (TPSA) is 75.6 Å². The maximum Gasteiger partial charge on any atom is 0.196 e. The van der Waals surface area contributed by atoms with Crippen LogP contribution in [-0.4, -0.2) is 43.8 Å². The fourth-order valence-corrected chi connectivity index (χ4v) is 5.98. The molecule has 7 nitrogen and oxygen atoms in total. The third-order valence-electron chi connectivity index (χ3n) is 10.8. The highest BCUT2D eigenvalue weighted by Gasteiger charge is 2.09. The van der Waals surface area contributed by atoms with Gasteiger partial charge in [0.05, 0.1) is 13.2 Å². The van der Waals surface area contributed by atoms with Crippen molar-refractivity contribution in [2.45, 2.75) is 164 Å². The van der Waals surface area contributed by atoms with E-state index in [0.29, 0.717) is 49.2 Å². The van der Waals surface area contributed by atoms with E-state index in [9.17, 15) is 0 Å². The molecule has 0 saturated heterocycles. The summed E-state index contributed by atoms with van der Waals surface area (Å²) in [4.78, 5) is 0. The van der Waals surface area contributed by atoms with Crippen LogP contribution in [0.5, 0.6) is 23.0 Å². The molecule has 328 valence electrons. The lowest BCUT2D eigenvalue weighted by Crippen LogP contribution is -2.18. The molecular formula is C52H78O7. The number of ether oxygens (including phenoxy) is 6. The molecule has 0 radical (unpaired) electrons. The van der Waals surface area contributed by atoms with Gasteiger partial charge >= 0.3 is 0 Å². The fraction of sp³-hybridized carbons (Fsp3) is 0.538. The molecule has 59 heavy (non-hydrogen) atoms. The molecule has 4 aromatic rings. The van der Waals surface area contributed by atoms with E-state index in [0.717, 1.165) is 55.8 Å². The van der Waals surface area contributed by atoms with E-state index in [1.807, 2.05) is 76.2 Å². The first-order valence-corrected chi connectivity index (χ1v) is 22.3. The first-order valence-electron chi connectivity index (χ1n) is 22.3. The zero-order valence-corrected chi connectivity index (χ0v) is 38.5. The second-order valence-corrected chi connectivity index (χ2v) is 15.5. The Balaban J connectivity index is 0.000000365. The molecule has 0 aromatic heterocycles. The molecule has 0 fully saturated rings. The summed E-state index contributed by atoms with van der Waals surface area (Å²) in [6.45, 7) is 27.4. The summed E-state index contributed by atoms with van der Waals surface area (Å²) in [6.07, 6.45) is 5.69. The van der Waals surface area contributed by atoms with Gasteiger partial charge in [0.2, 0.25) is 0 Å². The predicted octanol–water partition coefficient (Wildman–Crippen LogP) is 14.5. The minimum atomic E-state index is -0.272. The molecule has 0 aliphatic carbocycles. The lowest BCUT2D eigenvalue weighted by Gasteiger charge is -2.17. The van der Waals surface area contributed by atoms with Gasteiger partial charge in [0.1, 0.15) is 23.0 Å². The van der Waals surface area contributed by atoms with Crippen LogP contribution in [0.15, 0.2) is 97.1 Å². The Morgan fingerprint density at radius 1 is 0.373 bits per heavy atom. The van der Waals surface area contributed by atoms with Crippen molar-refractivity contribution in [3.63, 3.8) is 0 Å². The monoisotopic (exact) mass is 815 g/mol. The molecule has 0 spiro atoms. The summed E-state index contributed by atoms with van der Waals surface area (Å²) >= 11 is 0. The molecule has 0 saturated carbocycles. The lowest BCUT2D eigenvalue weighted by molar-refractivity contribution is -0.0804. The summed E-state index contributed by atoms with van der Waals surface area (Å²) in [5.74, 6) is 5.25. The summed E-state index contributed by atoms with van der Waals surface area (Å²) in [7, 11) is 0. The summed E-state index contributed by atoms with van der Waals surface area (Å²) < 4.78 is 34.2. The maximum absolute atomic E-state index is 9.01. The molecule has 4 aromatic carbocycles. The zero-order valence-electron chi connectivity index (χ0n) is 38.5. The molecule has 7 heteroatoms. The van der Waals surface area contributed by atoms with Crippen LogP contribution in [0.4, 0.5) is 0 Å². The molecular weight excluding hydrogens is 737 g/mol. The van der Waals surface area contributed by atoms with Gasteiger partial charge in [-0.2, -0.15) is 0 Å². The number of hydrogen-bond acceptors (Lipinski definition) is 7. The van der Waals surface area contributed by atoms with E-state index in [1.165, 1.54) is 22.3 Å². The fourth-order valence-electron chi connectivity index (χ4n) is 5.98. The van der Waals surface area contributed by atoms with Crippen molar-refractivity contribution >= 4 is 0 Å². The third kappa shape index (κ3) is 20.7. The summed E-state index contributed by atoms with van der Waals surface area (Å²) in [5, 5.41) is 9.01. The molecule has 0 aliphatic rings. The molecule has 7 unspecified atom stereocenters. The van der Waals surface area contributed by atoms with E-state index in [2.05, 4.69) is 91.8 Å². The molecule has 7 atom stereocenters. The van der Waals surface area contributed by atoms with Gasteiger partial charge in [-0.25, -0.2) is 0 Å². The Morgan fingerprint density at radius 3 is 0.881 bits per heavy atom. The molecule has 0 heterocycles. The molecule has 0 aliphatic heterocycles. The first-order chi connectivity index (χ1) is 28.3. The Morgan fingerprint density at radius 2 is 0.627 bits per heavy atom. The Bertz CT molecular complexity index is 1540. The average molecular weight is 815 g/mol. The van der Waals surface area contributed by atoms with Crippen molar-refractivity contribution in [1.29, 1.82) is 0 Å². The van der Waals surface area contributed by atoms with Crippen molar-refractivity contribution in [3.8, 4) is 23.0 Å². The highest BCUT2D eigenvalue weighted by Crippen LogP contribution is 2.25. The second kappa shape index (κ2) is 29.2. The van der Waals surface area contributed by atoms with Crippen molar-refractivity contribution in [3.05, 3.63) is 119 Å². The van der Waals surface area contributed by atoms with Crippen LogP contribution in [-0.2, 0) is 14.2 Å². The van der Waals surface area contributed by atoms with Gasteiger partial charge in [-0.05, 0) is 161 Å². The quantitative estimate of drug-likeness (QED) is 0.0590. The third-order valence-corrected chi connectivity index (χ3v) is 10.8. The number of unbranched alkanes of at least 4 members (excludes halogenated alkanes) is 1. The Kier molecular flexibility index (Phi) is 25.3. The summed E-state index contributed by atoms with van der Waals surface area (Å²) in [5.41, 5.74) is 5.34.